The van der Waals surface area contributed by atoms with E-state index in [1.807, 2.05) is 0 Å². The van der Waals surface area contributed by atoms with Crippen LogP contribution in [0.1, 0.15) is 6.42 Å². The van der Waals surface area contributed by atoms with Gasteiger partial charge in [-0.05, 0) is 0 Å². The summed E-state index contributed by atoms with van der Waals surface area (Å²) in [6.07, 6.45) is -0.473. The molecular formula is C4H11AlO4P+. The number of aliphatic hydroxyl groups excluding tert-OH is 1. The molecule has 0 bridgehead atoms. The van der Waals surface area contributed by atoms with Crippen LogP contribution in [0.2, 0.25) is 0 Å². The van der Waals surface area contributed by atoms with Crippen molar-refractivity contribution in [3.63, 3.8) is 0 Å². The van der Waals surface area contributed by atoms with Crippen LogP contribution in [-0.2, 0) is 9.36 Å². The molecule has 0 saturated heterocycles. The van der Waals surface area contributed by atoms with E-state index in [0.717, 1.165) is 0 Å². The molecule has 0 aromatic rings. The number of carboxylic acid groups (broad SMARTS) is 1. The van der Waals surface area contributed by atoms with Gasteiger partial charge < -0.3 is 10.2 Å². The van der Waals surface area contributed by atoms with E-state index < -0.39 is 20.1 Å². The van der Waals surface area contributed by atoms with Crippen molar-refractivity contribution in [1.29, 1.82) is 0 Å². The predicted octanol–water partition coefficient (Wildman–Crippen LogP) is -0.946. The van der Waals surface area contributed by atoms with Crippen LogP contribution in [0.4, 0.5) is 0 Å². The van der Waals surface area contributed by atoms with E-state index >= 15 is 0 Å². The van der Waals surface area contributed by atoms with Gasteiger partial charge in [-0.25, -0.2) is 0 Å². The lowest BCUT2D eigenvalue weighted by molar-refractivity contribution is -0.136. The highest BCUT2D eigenvalue weighted by Gasteiger charge is 2.13. The Morgan fingerprint density at radius 3 is 2.30 bits per heavy atom. The molecule has 1 atom stereocenters. The molecule has 0 aliphatic rings. The van der Waals surface area contributed by atoms with Crippen molar-refractivity contribution >= 4 is 31.1 Å². The first-order valence-electron chi connectivity index (χ1n) is 2.41. The molecule has 6 heteroatoms. The normalized spacial score (nSPS) is 9.90. The molecule has 1 unspecified atom stereocenters. The summed E-state index contributed by atoms with van der Waals surface area (Å²) in [6, 6.07) is 0. The maximum Gasteiger partial charge on any atom is 0.367 e. The zero-order valence-corrected chi connectivity index (χ0v) is 5.67. The zero-order valence-electron chi connectivity index (χ0n) is 4.78. The Morgan fingerprint density at radius 1 is 1.50 bits per heavy atom. The summed E-state index contributed by atoms with van der Waals surface area (Å²) >= 11 is 0. The lowest BCUT2D eigenvalue weighted by Crippen LogP contribution is -1.96. The van der Waals surface area contributed by atoms with Crippen LogP contribution < -0.4 is 0 Å². The Balaban J connectivity index is 0. The molecule has 0 aliphatic heterocycles. The summed E-state index contributed by atoms with van der Waals surface area (Å²) in [5.41, 5.74) is 0. The van der Waals surface area contributed by atoms with Crippen LogP contribution in [-0.4, -0.2) is 46.1 Å². The van der Waals surface area contributed by atoms with E-state index in [-0.39, 0.29) is 29.9 Å². The molecule has 58 valence electrons. The van der Waals surface area contributed by atoms with E-state index in [2.05, 4.69) is 0 Å². The Labute approximate surface area is 70.2 Å². The highest BCUT2D eigenvalue weighted by Crippen LogP contribution is 2.18. The smallest absolute Gasteiger partial charge is 0.367 e. The molecular weight excluding hydrogens is 170 g/mol. The summed E-state index contributed by atoms with van der Waals surface area (Å²) < 4.78 is 10.4. The summed E-state index contributed by atoms with van der Waals surface area (Å²) in [5.74, 6) is -0.980. The number of carbonyl (C=O) groups is 1. The third kappa shape index (κ3) is 8.06. The standard InChI is InChI=1S/C4H7O4P.Al.3H/c5-3-9(8)2-1-4(6)7;;;;/h5H,1-3H2;;;;/p+1. The Morgan fingerprint density at radius 2 is 2.00 bits per heavy atom. The quantitative estimate of drug-likeness (QED) is 0.433. The van der Waals surface area contributed by atoms with Crippen molar-refractivity contribution in [1.82, 2.24) is 0 Å². The van der Waals surface area contributed by atoms with Crippen molar-refractivity contribution in [2.24, 2.45) is 0 Å². The zero-order chi connectivity index (χ0) is 7.28. The van der Waals surface area contributed by atoms with Gasteiger partial charge in [0.05, 0.1) is 6.42 Å². The Bertz CT molecular complexity index is 126. The molecule has 0 spiro atoms. The number of rotatable bonds is 4. The lowest BCUT2D eigenvalue weighted by Gasteiger charge is -1.80. The summed E-state index contributed by atoms with van der Waals surface area (Å²) in [5, 5.41) is 16.2. The largest absolute Gasteiger partial charge is 0.481 e. The van der Waals surface area contributed by atoms with Crippen LogP contribution >= 0.6 is 7.80 Å². The minimum atomic E-state index is -1.69. The maximum atomic E-state index is 10.4. The molecule has 0 amide bonds. The topological polar surface area (TPSA) is 74.6 Å². The minimum absolute atomic E-state index is 0. The second-order valence-corrected chi connectivity index (χ2v) is 3.18. The molecule has 0 aliphatic carbocycles. The van der Waals surface area contributed by atoms with Crippen molar-refractivity contribution in [3.8, 4) is 0 Å². The van der Waals surface area contributed by atoms with Crippen molar-refractivity contribution < 1.29 is 19.6 Å². The average Bonchev–Trinajstić information content (AvgIpc) is 1.83. The highest BCUT2D eigenvalue weighted by molar-refractivity contribution is 7.44. The van der Waals surface area contributed by atoms with Gasteiger partial charge >= 0.3 is 13.8 Å². The number of hydrogen-bond acceptors (Lipinski definition) is 3. The van der Waals surface area contributed by atoms with Crippen LogP contribution in [0, 0.1) is 0 Å². The molecule has 0 saturated carbocycles. The van der Waals surface area contributed by atoms with Crippen molar-refractivity contribution in [2.75, 3.05) is 12.5 Å². The van der Waals surface area contributed by atoms with Gasteiger partial charge in [-0.15, -0.1) is 0 Å². The van der Waals surface area contributed by atoms with Crippen LogP contribution in [0.5, 0.6) is 0 Å². The van der Waals surface area contributed by atoms with Gasteiger partial charge in [0.25, 0.3) is 0 Å². The van der Waals surface area contributed by atoms with Gasteiger partial charge in [0.2, 0.25) is 6.35 Å². The molecule has 0 rings (SSSR count). The monoisotopic (exact) mass is 181 g/mol. The first kappa shape index (κ1) is 12.7. The molecule has 0 heterocycles. The van der Waals surface area contributed by atoms with Gasteiger partial charge in [0.15, 0.2) is 23.5 Å². The van der Waals surface area contributed by atoms with E-state index in [1.165, 1.54) is 0 Å². The number of aliphatic carboxylic acids is 1. The molecule has 2 N–H and O–H groups in total. The molecule has 0 fully saturated rings. The number of hydrogen-bond donors (Lipinski definition) is 2. The highest BCUT2D eigenvalue weighted by atomic mass is 31.1. The second-order valence-electron chi connectivity index (χ2n) is 1.49. The van der Waals surface area contributed by atoms with Gasteiger partial charge in [0, 0.05) is 0 Å². The summed E-state index contributed by atoms with van der Waals surface area (Å²) in [6.45, 7) is 0. The molecule has 0 aromatic heterocycles. The van der Waals surface area contributed by atoms with E-state index in [1.54, 1.807) is 0 Å². The molecule has 0 aromatic carbocycles. The lowest BCUT2D eigenvalue weighted by atomic mass is 10.5. The third-order valence-electron chi connectivity index (χ3n) is 0.733. The Kier molecular flexibility index (Phi) is 9.12. The van der Waals surface area contributed by atoms with E-state index in [9.17, 15) is 9.36 Å². The minimum Gasteiger partial charge on any atom is -0.481 e. The number of aliphatic hydroxyl groups is 1. The van der Waals surface area contributed by atoms with E-state index in [4.69, 9.17) is 10.2 Å². The molecule has 10 heavy (non-hydrogen) atoms. The first-order chi connectivity index (χ1) is 4.16. The predicted molar refractivity (Wildman–Crippen MR) is 41.8 cm³/mol. The van der Waals surface area contributed by atoms with Gasteiger partial charge in [0.1, 0.15) is 0 Å². The third-order valence-corrected chi connectivity index (χ3v) is 1.77. The van der Waals surface area contributed by atoms with Crippen molar-refractivity contribution in [3.05, 3.63) is 0 Å². The van der Waals surface area contributed by atoms with Crippen molar-refractivity contribution in [2.45, 2.75) is 6.42 Å². The van der Waals surface area contributed by atoms with Crippen LogP contribution in [0.15, 0.2) is 0 Å². The summed E-state index contributed by atoms with van der Waals surface area (Å²) in [4.78, 5) is 9.81. The molecule has 0 radical (unpaired) electrons. The van der Waals surface area contributed by atoms with Gasteiger partial charge in [-0.3, -0.25) is 4.79 Å². The van der Waals surface area contributed by atoms with Crippen LogP contribution in [0.3, 0.4) is 0 Å². The average molecular weight is 181 g/mol. The molecule has 4 nitrogen and oxygen atoms in total. The maximum absolute atomic E-state index is 10.4. The first-order valence-corrected chi connectivity index (χ1v) is 4.04. The van der Waals surface area contributed by atoms with Crippen LogP contribution in [0.25, 0.3) is 0 Å². The van der Waals surface area contributed by atoms with Gasteiger partial charge in [-0.2, -0.15) is 0 Å². The fourth-order valence-electron chi connectivity index (χ4n) is 0.291. The van der Waals surface area contributed by atoms with Gasteiger partial charge in [-0.1, -0.05) is 4.57 Å². The number of carboxylic acids is 1. The fraction of sp³-hybridized carbons (Fsp3) is 0.750. The Hall–Kier alpha value is 0.0625. The second kappa shape index (κ2) is 7.17. The SMILES string of the molecule is O=C(O)CC[P+](=O)CO.[AlH3]. The van der Waals surface area contributed by atoms with E-state index in [0.29, 0.717) is 0 Å². The fourth-order valence-corrected chi connectivity index (χ4v) is 0.873. The summed E-state index contributed by atoms with van der Waals surface area (Å²) in [7, 11) is -1.69.